The van der Waals surface area contributed by atoms with Crippen LogP contribution in [0.15, 0.2) is 47.5 Å². The number of benzene rings is 1. The summed E-state index contributed by atoms with van der Waals surface area (Å²) in [7, 11) is 1.48. The fourth-order valence-corrected chi connectivity index (χ4v) is 4.09. The average Bonchev–Trinajstić information content (AvgIpc) is 3.29. The van der Waals surface area contributed by atoms with E-state index in [9.17, 15) is 14.4 Å². The number of aromatic amines is 1. The van der Waals surface area contributed by atoms with E-state index in [-0.39, 0.29) is 11.3 Å². The van der Waals surface area contributed by atoms with Crippen LogP contribution >= 0.6 is 0 Å². The number of rotatable bonds is 7. The monoisotopic (exact) mass is 391 g/mol. The van der Waals surface area contributed by atoms with Gasteiger partial charge >= 0.3 is 0 Å². The maximum absolute atomic E-state index is 12.9. The molecular weight excluding hydrogens is 366 g/mol. The summed E-state index contributed by atoms with van der Waals surface area (Å²) in [6.07, 6.45) is 6.09. The number of hydrogen-bond donors (Lipinski definition) is 2. The van der Waals surface area contributed by atoms with Gasteiger partial charge in [0, 0.05) is 42.3 Å². The minimum atomic E-state index is -0.476. The van der Waals surface area contributed by atoms with E-state index in [4.69, 9.17) is 0 Å². The third kappa shape index (κ3) is 3.75. The highest BCUT2D eigenvalue weighted by molar-refractivity contribution is 6.00. The van der Waals surface area contributed by atoms with Crippen LogP contribution in [0.3, 0.4) is 0 Å². The van der Waals surface area contributed by atoms with E-state index in [0.29, 0.717) is 30.4 Å². The standard InChI is InChI=1S/C23H25N3O3/c1-3-14-9-16(14)11-21(27)17-10-19(22(28)24-2)23(29)26(13-17)12-15-5-4-6-20-18(15)7-8-25-20/h4-8,10,13-14,16,25H,3,9,11-12H2,1-2H3,(H,24,28)/t14-,16?/m1/s1. The molecule has 0 spiro atoms. The zero-order valence-electron chi connectivity index (χ0n) is 16.7. The number of amides is 1. The van der Waals surface area contributed by atoms with Crippen LogP contribution in [0, 0.1) is 11.8 Å². The molecule has 0 aliphatic heterocycles. The second-order valence-corrected chi connectivity index (χ2v) is 7.80. The molecule has 1 saturated carbocycles. The molecular formula is C23H25N3O3. The first kappa shape index (κ1) is 19.2. The molecule has 4 rings (SSSR count). The van der Waals surface area contributed by atoms with E-state index in [2.05, 4.69) is 17.2 Å². The average molecular weight is 391 g/mol. The Bertz CT molecular complexity index is 1140. The fraction of sp³-hybridized carbons (Fsp3) is 0.348. The molecule has 1 aliphatic rings. The summed E-state index contributed by atoms with van der Waals surface area (Å²) in [5.74, 6) is 0.556. The van der Waals surface area contributed by atoms with E-state index in [1.165, 1.54) is 17.7 Å². The van der Waals surface area contributed by atoms with Gasteiger partial charge in [0.1, 0.15) is 5.56 Å². The number of carbonyl (C=O) groups is 2. The van der Waals surface area contributed by atoms with Crippen LogP contribution in [0.5, 0.6) is 0 Å². The van der Waals surface area contributed by atoms with E-state index >= 15 is 0 Å². The van der Waals surface area contributed by atoms with Gasteiger partial charge in [-0.25, -0.2) is 0 Å². The fourth-order valence-electron chi connectivity index (χ4n) is 4.09. The topological polar surface area (TPSA) is 84.0 Å². The minimum Gasteiger partial charge on any atom is -0.361 e. The number of H-pyrrole nitrogens is 1. The highest BCUT2D eigenvalue weighted by Crippen LogP contribution is 2.44. The van der Waals surface area contributed by atoms with Gasteiger partial charge in [-0.2, -0.15) is 0 Å². The molecule has 6 nitrogen and oxygen atoms in total. The summed E-state index contributed by atoms with van der Waals surface area (Å²) in [4.78, 5) is 41.2. The largest absolute Gasteiger partial charge is 0.361 e. The summed E-state index contributed by atoms with van der Waals surface area (Å²) >= 11 is 0. The first-order chi connectivity index (χ1) is 14.0. The zero-order chi connectivity index (χ0) is 20.5. The third-order valence-electron chi connectivity index (χ3n) is 5.95. The number of pyridine rings is 1. The molecule has 1 fully saturated rings. The van der Waals surface area contributed by atoms with Crippen LogP contribution in [-0.4, -0.2) is 28.3 Å². The van der Waals surface area contributed by atoms with Gasteiger partial charge in [0.05, 0.1) is 6.54 Å². The van der Waals surface area contributed by atoms with E-state index in [1.54, 1.807) is 6.20 Å². The van der Waals surface area contributed by atoms with Crippen LogP contribution in [0.25, 0.3) is 10.9 Å². The molecule has 2 aromatic heterocycles. The lowest BCUT2D eigenvalue weighted by Gasteiger charge is -2.12. The normalized spacial score (nSPS) is 18.0. The number of nitrogens with one attached hydrogen (secondary N) is 2. The lowest BCUT2D eigenvalue weighted by atomic mass is 10.0. The van der Waals surface area contributed by atoms with Crippen molar-refractivity contribution in [3.8, 4) is 0 Å². The Morgan fingerprint density at radius 1 is 1.24 bits per heavy atom. The summed E-state index contributed by atoms with van der Waals surface area (Å²) in [6.45, 7) is 2.43. The van der Waals surface area contributed by atoms with Gasteiger partial charge in [-0.1, -0.05) is 25.5 Å². The number of carbonyl (C=O) groups excluding carboxylic acids is 2. The summed E-state index contributed by atoms with van der Waals surface area (Å²) < 4.78 is 1.48. The van der Waals surface area contributed by atoms with Crippen LogP contribution in [0.1, 0.15) is 52.5 Å². The van der Waals surface area contributed by atoms with Gasteiger partial charge < -0.3 is 14.9 Å². The van der Waals surface area contributed by atoms with Crippen molar-refractivity contribution in [2.75, 3.05) is 7.05 Å². The minimum absolute atomic E-state index is 0.00225. The Morgan fingerprint density at radius 2 is 2.07 bits per heavy atom. The summed E-state index contributed by atoms with van der Waals surface area (Å²) in [6, 6.07) is 9.25. The second-order valence-electron chi connectivity index (χ2n) is 7.80. The number of fused-ring (bicyclic) bond motifs is 1. The molecule has 0 radical (unpaired) electrons. The third-order valence-corrected chi connectivity index (χ3v) is 5.95. The predicted molar refractivity (Wildman–Crippen MR) is 112 cm³/mol. The highest BCUT2D eigenvalue weighted by Gasteiger charge is 2.37. The van der Waals surface area contributed by atoms with Crippen LogP contribution in [-0.2, 0) is 6.54 Å². The van der Waals surface area contributed by atoms with Crippen molar-refractivity contribution in [2.45, 2.75) is 32.7 Å². The van der Waals surface area contributed by atoms with Gasteiger partial charge in [-0.05, 0) is 42.0 Å². The molecule has 6 heteroatoms. The quantitative estimate of drug-likeness (QED) is 0.606. The van der Waals surface area contributed by atoms with Gasteiger partial charge in [0.2, 0.25) is 0 Å². The van der Waals surface area contributed by atoms with Crippen molar-refractivity contribution >= 4 is 22.6 Å². The van der Waals surface area contributed by atoms with E-state index in [0.717, 1.165) is 29.3 Å². The van der Waals surface area contributed by atoms with Gasteiger partial charge in [-0.15, -0.1) is 0 Å². The van der Waals surface area contributed by atoms with Gasteiger partial charge in [0.15, 0.2) is 5.78 Å². The zero-order valence-corrected chi connectivity index (χ0v) is 16.7. The molecule has 1 unspecified atom stereocenters. The highest BCUT2D eigenvalue weighted by atomic mass is 16.2. The number of aromatic nitrogens is 2. The Balaban J connectivity index is 1.72. The second kappa shape index (κ2) is 7.70. The van der Waals surface area contributed by atoms with Crippen LogP contribution in [0.2, 0.25) is 0 Å². The number of Topliss-reactive ketones (excluding diaryl/α,β-unsaturated/α-hetero) is 1. The lowest BCUT2D eigenvalue weighted by molar-refractivity contribution is 0.0961. The molecule has 1 amide bonds. The molecule has 2 atom stereocenters. The molecule has 1 aliphatic carbocycles. The Kier molecular flexibility index (Phi) is 5.09. The van der Waals surface area contributed by atoms with Crippen molar-refractivity contribution in [1.29, 1.82) is 0 Å². The first-order valence-electron chi connectivity index (χ1n) is 10.1. The van der Waals surface area contributed by atoms with Crippen molar-refractivity contribution < 1.29 is 9.59 Å². The molecule has 29 heavy (non-hydrogen) atoms. The van der Waals surface area contributed by atoms with Gasteiger partial charge in [0.25, 0.3) is 11.5 Å². The number of hydrogen-bond acceptors (Lipinski definition) is 3. The number of ketones is 1. The predicted octanol–water partition coefficient (Wildman–Crippen LogP) is 3.36. The SMILES string of the molecule is CC[C@@H]1CC1CC(=O)c1cc(C(=O)NC)c(=O)n(Cc2cccc3[nH]ccc23)c1. The van der Waals surface area contributed by atoms with Crippen LogP contribution in [0.4, 0.5) is 0 Å². The Labute approximate surface area is 168 Å². The van der Waals surface area contributed by atoms with Crippen molar-refractivity contribution in [2.24, 2.45) is 11.8 Å². The van der Waals surface area contributed by atoms with Crippen molar-refractivity contribution in [1.82, 2.24) is 14.9 Å². The molecule has 3 aromatic rings. The molecule has 1 aromatic carbocycles. The molecule has 0 saturated heterocycles. The smallest absolute Gasteiger partial charge is 0.263 e. The molecule has 2 N–H and O–H groups in total. The van der Waals surface area contributed by atoms with Gasteiger partial charge in [-0.3, -0.25) is 14.4 Å². The first-order valence-corrected chi connectivity index (χ1v) is 10.1. The Morgan fingerprint density at radius 3 is 2.79 bits per heavy atom. The Hall–Kier alpha value is -3.15. The summed E-state index contributed by atoms with van der Waals surface area (Å²) in [5.41, 5.74) is 1.96. The van der Waals surface area contributed by atoms with Crippen LogP contribution < -0.4 is 10.9 Å². The van der Waals surface area contributed by atoms with Crippen molar-refractivity contribution in [3.05, 3.63) is 69.8 Å². The molecule has 0 bridgehead atoms. The van der Waals surface area contributed by atoms with Crippen molar-refractivity contribution in [3.63, 3.8) is 0 Å². The van der Waals surface area contributed by atoms with E-state index in [1.807, 2.05) is 30.5 Å². The van der Waals surface area contributed by atoms with E-state index < -0.39 is 11.5 Å². The number of nitrogens with zero attached hydrogens (tertiary/aromatic N) is 1. The maximum Gasteiger partial charge on any atom is 0.263 e. The molecule has 150 valence electrons. The summed E-state index contributed by atoms with van der Waals surface area (Å²) in [5, 5.41) is 3.52. The molecule has 2 heterocycles. The maximum atomic E-state index is 12.9. The lowest BCUT2D eigenvalue weighted by Crippen LogP contribution is -2.32.